The van der Waals surface area contributed by atoms with E-state index >= 15 is 0 Å². The third-order valence-electron chi connectivity index (χ3n) is 4.85. The number of nitrogens with zero attached hydrogens (tertiary/aromatic N) is 2. The van der Waals surface area contributed by atoms with Gasteiger partial charge in [0.25, 0.3) is 5.91 Å². The third kappa shape index (κ3) is 5.59. The Labute approximate surface area is 179 Å². The fourth-order valence-electron chi connectivity index (χ4n) is 3.36. The second-order valence-electron chi connectivity index (χ2n) is 7.06. The van der Waals surface area contributed by atoms with Crippen molar-refractivity contribution in [2.75, 3.05) is 26.2 Å². The number of carbonyl (C=O) groups is 2. The van der Waals surface area contributed by atoms with Crippen molar-refractivity contribution in [2.24, 2.45) is 0 Å². The molecule has 3 rings (SSSR count). The Balaban J connectivity index is 1.67. The lowest BCUT2D eigenvalue weighted by molar-refractivity contribution is -0.137. The lowest BCUT2D eigenvalue weighted by Crippen LogP contribution is -2.38. The highest BCUT2D eigenvalue weighted by atomic mass is 79.9. The minimum Gasteiger partial charge on any atom is -0.341 e. The Bertz CT molecular complexity index is 949. The molecule has 30 heavy (non-hydrogen) atoms. The number of amides is 2. The van der Waals surface area contributed by atoms with Crippen LogP contribution in [0.15, 0.2) is 46.9 Å². The maximum Gasteiger partial charge on any atom is 0.416 e. The quantitative estimate of drug-likeness (QED) is 0.598. The van der Waals surface area contributed by atoms with Gasteiger partial charge in [-0.1, -0.05) is 28.1 Å². The van der Waals surface area contributed by atoms with Crippen LogP contribution < -0.4 is 0 Å². The summed E-state index contributed by atoms with van der Waals surface area (Å²) in [5.41, 5.74) is -0.399. The normalized spacial score (nSPS) is 15.1. The van der Waals surface area contributed by atoms with Crippen LogP contribution in [0.5, 0.6) is 0 Å². The first kappa shape index (κ1) is 22.3. The molecule has 1 saturated heterocycles. The maximum atomic E-state index is 13.3. The van der Waals surface area contributed by atoms with Crippen molar-refractivity contribution in [1.29, 1.82) is 0 Å². The SMILES string of the molecule is O=C(Cc1cccc(F)c1)N1CCCN(C(=O)c2cc(Br)cc(C(F)(F)F)c2)CC1. The summed E-state index contributed by atoms with van der Waals surface area (Å²) in [5, 5.41) is 0. The molecule has 0 aromatic heterocycles. The van der Waals surface area contributed by atoms with Crippen LogP contribution >= 0.6 is 15.9 Å². The van der Waals surface area contributed by atoms with E-state index in [0.29, 0.717) is 25.1 Å². The van der Waals surface area contributed by atoms with Gasteiger partial charge in [-0.3, -0.25) is 9.59 Å². The third-order valence-corrected chi connectivity index (χ3v) is 5.31. The zero-order chi connectivity index (χ0) is 21.9. The summed E-state index contributed by atoms with van der Waals surface area (Å²) in [6.45, 7) is 1.22. The highest BCUT2D eigenvalue weighted by Crippen LogP contribution is 2.32. The van der Waals surface area contributed by atoms with Crippen molar-refractivity contribution >= 4 is 27.7 Å². The zero-order valence-corrected chi connectivity index (χ0v) is 17.5. The predicted octanol–water partition coefficient (Wildman–Crippen LogP) is 4.52. The van der Waals surface area contributed by atoms with Gasteiger partial charge in [0, 0.05) is 36.2 Å². The van der Waals surface area contributed by atoms with E-state index in [1.165, 1.54) is 29.2 Å². The number of carbonyl (C=O) groups excluding carboxylic acids is 2. The van der Waals surface area contributed by atoms with Crippen molar-refractivity contribution in [3.05, 3.63) is 69.4 Å². The molecule has 2 amide bonds. The number of halogens is 5. The standard InChI is InChI=1S/C21H19BrF4N2O2/c22-17-12-15(11-16(13-17)21(24,25)26)20(30)28-6-2-5-27(7-8-28)19(29)10-14-3-1-4-18(23)9-14/h1,3-4,9,11-13H,2,5-8,10H2. The summed E-state index contributed by atoms with van der Waals surface area (Å²) in [7, 11) is 0. The van der Waals surface area contributed by atoms with E-state index in [9.17, 15) is 27.2 Å². The van der Waals surface area contributed by atoms with Gasteiger partial charge in [-0.05, 0) is 42.3 Å². The molecule has 2 aromatic carbocycles. The molecule has 1 aliphatic heterocycles. The van der Waals surface area contributed by atoms with Crippen molar-refractivity contribution in [3.8, 4) is 0 Å². The summed E-state index contributed by atoms with van der Waals surface area (Å²) >= 11 is 3.03. The summed E-state index contributed by atoms with van der Waals surface area (Å²) in [4.78, 5) is 28.4. The zero-order valence-electron chi connectivity index (χ0n) is 15.9. The van der Waals surface area contributed by atoms with Crippen LogP contribution in [0.25, 0.3) is 0 Å². The first-order chi connectivity index (χ1) is 14.1. The van der Waals surface area contributed by atoms with E-state index in [1.807, 2.05) is 0 Å². The molecule has 0 N–H and O–H groups in total. The number of hydrogen-bond donors (Lipinski definition) is 0. The molecule has 0 spiro atoms. The summed E-state index contributed by atoms with van der Waals surface area (Å²) in [6.07, 6.45) is -4.01. The van der Waals surface area contributed by atoms with Gasteiger partial charge in [0.05, 0.1) is 12.0 Å². The van der Waals surface area contributed by atoms with Gasteiger partial charge in [-0.25, -0.2) is 4.39 Å². The lowest BCUT2D eigenvalue weighted by Gasteiger charge is -2.23. The number of benzene rings is 2. The van der Waals surface area contributed by atoms with Crippen molar-refractivity contribution < 1.29 is 27.2 Å². The summed E-state index contributed by atoms with van der Waals surface area (Å²) in [6, 6.07) is 8.92. The Morgan fingerprint density at radius 3 is 2.37 bits per heavy atom. The molecule has 2 aromatic rings. The molecule has 160 valence electrons. The van der Waals surface area contributed by atoms with Gasteiger partial charge in [-0.15, -0.1) is 0 Å². The smallest absolute Gasteiger partial charge is 0.341 e. The fourth-order valence-corrected chi connectivity index (χ4v) is 3.86. The summed E-state index contributed by atoms with van der Waals surface area (Å²) in [5.74, 6) is -1.11. The van der Waals surface area contributed by atoms with Crippen LogP contribution in [0.1, 0.15) is 27.9 Å². The molecular weight excluding hydrogens is 468 g/mol. The number of alkyl halides is 3. The van der Waals surface area contributed by atoms with Gasteiger partial charge in [0.15, 0.2) is 0 Å². The van der Waals surface area contributed by atoms with Gasteiger partial charge in [-0.2, -0.15) is 13.2 Å². The molecule has 0 bridgehead atoms. The van der Waals surface area contributed by atoms with Crippen LogP contribution in [0, 0.1) is 5.82 Å². The second-order valence-corrected chi connectivity index (χ2v) is 7.98. The Hall–Kier alpha value is -2.42. The fraction of sp³-hybridized carbons (Fsp3) is 0.333. The molecule has 0 radical (unpaired) electrons. The van der Waals surface area contributed by atoms with Crippen LogP contribution in [0.2, 0.25) is 0 Å². The molecule has 1 heterocycles. The van der Waals surface area contributed by atoms with Crippen molar-refractivity contribution in [2.45, 2.75) is 19.0 Å². The molecule has 9 heteroatoms. The monoisotopic (exact) mass is 486 g/mol. The second kappa shape index (κ2) is 9.16. The average Bonchev–Trinajstić information content (AvgIpc) is 2.92. The van der Waals surface area contributed by atoms with Gasteiger partial charge in [0.2, 0.25) is 5.91 Å². The predicted molar refractivity (Wildman–Crippen MR) is 106 cm³/mol. The minimum absolute atomic E-state index is 0.0479. The lowest BCUT2D eigenvalue weighted by atomic mass is 10.1. The van der Waals surface area contributed by atoms with E-state index in [1.54, 1.807) is 11.0 Å². The van der Waals surface area contributed by atoms with E-state index in [2.05, 4.69) is 15.9 Å². The van der Waals surface area contributed by atoms with Crippen LogP contribution in [0.4, 0.5) is 17.6 Å². The Kier molecular flexibility index (Phi) is 6.80. The van der Waals surface area contributed by atoms with E-state index in [0.717, 1.165) is 12.1 Å². The van der Waals surface area contributed by atoms with Crippen LogP contribution in [-0.2, 0) is 17.4 Å². The molecular formula is C21H19BrF4N2O2. The molecule has 0 saturated carbocycles. The van der Waals surface area contributed by atoms with E-state index in [4.69, 9.17) is 0 Å². The van der Waals surface area contributed by atoms with Crippen LogP contribution in [0.3, 0.4) is 0 Å². The average molecular weight is 487 g/mol. The van der Waals surface area contributed by atoms with Gasteiger partial charge in [0.1, 0.15) is 5.82 Å². The largest absolute Gasteiger partial charge is 0.416 e. The molecule has 1 aliphatic rings. The number of rotatable bonds is 3. The minimum atomic E-state index is -4.56. The van der Waals surface area contributed by atoms with Gasteiger partial charge < -0.3 is 9.80 Å². The molecule has 0 atom stereocenters. The van der Waals surface area contributed by atoms with Crippen LogP contribution in [-0.4, -0.2) is 47.8 Å². The summed E-state index contributed by atoms with van der Waals surface area (Å²) < 4.78 is 52.6. The Morgan fingerprint density at radius 1 is 0.967 bits per heavy atom. The molecule has 0 aliphatic carbocycles. The first-order valence-corrected chi connectivity index (χ1v) is 10.1. The molecule has 4 nitrogen and oxygen atoms in total. The highest BCUT2D eigenvalue weighted by molar-refractivity contribution is 9.10. The topological polar surface area (TPSA) is 40.6 Å². The van der Waals surface area contributed by atoms with Crippen molar-refractivity contribution in [3.63, 3.8) is 0 Å². The maximum absolute atomic E-state index is 13.3. The molecule has 0 unspecified atom stereocenters. The number of hydrogen-bond acceptors (Lipinski definition) is 2. The van der Waals surface area contributed by atoms with E-state index < -0.39 is 23.5 Å². The van der Waals surface area contributed by atoms with Gasteiger partial charge >= 0.3 is 6.18 Å². The van der Waals surface area contributed by atoms with Crippen molar-refractivity contribution in [1.82, 2.24) is 9.80 Å². The molecule has 1 fully saturated rings. The first-order valence-electron chi connectivity index (χ1n) is 9.33. The van der Waals surface area contributed by atoms with E-state index in [-0.39, 0.29) is 35.5 Å². The Morgan fingerprint density at radius 2 is 1.67 bits per heavy atom. The highest BCUT2D eigenvalue weighted by Gasteiger charge is 2.32.